The molecule has 0 aromatic carbocycles. The highest BCUT2D eigenvalue weighted by Crippen LogP contribution is 2.29. The standard InChI is InChI=1S/C7H14N2.C6H12N2.C5H9N.3C2H5N/c8-4-7-9-5-2-1-3-6-9;7-3-6-8-4-1-2-5-8;6-4-3-5-1-2-5;3*1-2-3/h4,7H,1-3,5-6,8H2;3,6H,1-2,4-5,7H2;3-5H,1-2,6H2;3*2H,1,3H2. The number of hydrogen-bond acceptors (Lipinski definition) is 8. The second-order valence-electron chi connectivity index (χ2n) is 6.95. The minimum absolute atomic E-state index is 0.843. The second-order valence-corrected chi connectivity index (χ2v) is 6.95. The maximum absolute atomic E-state index is 5.24. The highest BCUT2D eigenvalue weighted by Gasteiger charge is 2.16. The fraction of sp³-hybridized carbons (Fsp3) is 0.500. The molecule has 0 aromatic heterocycles. The van der Waals surface area contributed by atoms with Crippen LogP contribution in [0.5, 0.6) is 0 Å². The third-order valence-corrected chi connectivity index (χ3v) is 4.13. The van der Waals surface area contributed by atoms with Gasteiger partial charge in [-0.25, -0.2) is 0 Å². The molecule has 1 saturated carbocycles. The van der Waals surface area contributed by atoms with Gasteiger partial charge in [-0.05, 0) is 75.7 Å². The Morgan fingerprint density at radius 2 is 0.844 bits per heavy atom. The number of allylic oxidation sites excluding steroid dienone is 1. The van der Waals surface area contributed by atoms with Gasteiger partial charge >= 0.3 is 0 Å². The van der Waals surface area contributed by atoms with Crippen molar-refractivity contribution < 1.29 is 0 Å². The Morgan fingerprint density at radius 3 is 1.06 bits per heavy atom. The summed E-state index contributed by atoms with van der Waals surface area (Å²) in [6.07, 6.45) is 24.0. The van der Waals surface area contributed by atoms with E-state index in [2.05, 4.69) is 52.8 Å². The van der Waals surface area contributed by atoms with Gasteiger partial charge in [0.15, 0.2) is 0 Å². The van der Waals surface area contributed by atoms with Crippen molar-refractivity contribution in [2.24, 2.45) is 40.3 Å². The first-order valence-electron chi connectivity index (χ1n) is 11.2. The van der Waals surface area contributed by atoms with Crippen LogP contribution < -0.4 is 34.4 Å². The third-order valence-electron chi connectivity index (χ3n) is 4.13. The SMILES string of the molecule is C=CN.C=CN.C=CN.NC=CC1CC1.NC=CN1CCCC1.NC=CN1CCCCC1. The van der Waals surface area contributed by atoms with Crippen molar-refractivity contribution in [1.82, 2.24) is 9.80 Å². The average Bonchev–Trinajstić information content (AvgIpc) is 3.45. The van der Waals surface area contributed by atoms with Gasteiger partial charge in [0.25, 0.3) is 0 Å². The normalized spacial score (nSPS) is 16.5. The van der Waals surface area contributed by atoms with Crippen molar-refractivity contribution in [2.75, 3.05) is 26.2 Å². The van der Waals surface area contributed by atoms with Gasteiger partial charge in [0.1, 0.15) is 0 Å². The van der Waals surface area contributed by atoms with E-state index >= 15 is 0 Å². The maximum Gasteiger partial charge on any atom is 0.0173 e. The van der Waals surface area contributed by atoms with Crippen LogP contribution in [0, 0.1) is 5.92 Å². The summed E-state index contributed by atoms with van der Waals surface area (Å²) in [5.41, 5.74) is 29.3. The highest BCUT2D eigenvalue weighted by molar-refractivity contribution is 4.93. The number of likely N-dealkylation sites (tertiary alicyclic amines) is 2. The lowest BCUT2D eigenvalue weighted by Crippen LogP contribution is -2.24. The first-order valence-corrected chi connectivity index (χ1v) is 11.2. The van der Waals surface area contributed by atoms with Gasteiger partial charge in [0, 0.05) is 51.0 Å². The zero-order valence-corrected chi connectivity index (χ0v) is 20.0. The predicted molar refractivity (Wildman–Crippen MR) is 142 cm³/mol. The zero-order chi connectivity index (χ0) is 24.9. The van der Waals surface area contributed by atoms with Crippen LogP contribution in [-0.2, 0) is 0 Å². The van der Waals surface area contributed by atoms with Crippen LogP contribution in [0.4, 0.5) is 0 Å². The highest BCUT2D eigenvalue weighted by atomic mass is 15.1. The van der Waals surface area contributed by atoms with E-state index in [4.69, 9.17) is 17.2 Å². The van der Waals surface area contributed by atoms with Crippen LogP contribution in [-0.4, -0.2) is 36.0 Å². The molecule has 12 N–H and O–H groups in total. The molecule has 0 amide bonds. The zero-order valence-electron chi connectivity index (χ0n) is 20.0. The molecular formula is C24H50N8. The summed E-state index contributed by atoms with van der Waals surface area (Å²) >= 11 is 0. The molecule has 2 aliphatic heterocycles. The number of hydrogen-bond donors (Lipinski definition) is 6. The van der Waals surface area contributed by atoms with Gasteiger partial charge in [-0.1, -0.05) is 25.8 Å². The van der Waals surface area contributed by atoms with Crippen LogP contribution in [0.2, 0.25) is 0 Å². The molecule has 1 aliphatic carbocycles. The molecule has 0 aromatic rings. The lowest BCUT2D eigenvalue weighted by atomic mass is 10.1. The fourth-order valence-corrected chi connectivity index (χ4v) is 2.65. The molecule has 3 aliphatic rings. The van der Waals surface area contributed by atoms with Crippen LogP contribution in [0.25, 0.3) is 0 Å². The van der Waals surface area contributed by atoms with Gasteiger partial charge in [-0.2, -0.15) is 0 Å². The Hall–Kier alpha value is -3.16. The smallest absolute Gasteiger partial charge is 0.0173 e. The van der Waals surface area contributed by atoms with Crippen molar-refractivity contribution in [2.45, 2.75) is 44.9 Å². The quantitative estimate of drug-likeness (QED) is 0.382. The molecule has 8 nitrogen and oxygen atoms in total. The van der Waals surface area contributed by atoms with Crippen molar-refractivity contribution in [3.05, 3.63) is 75.4 Å². The molecule has 0 unspecified atom stereocenters. The van der Waals surface area contributed by atoms with E-state index in [1.807, 2.05) is 12.4 Å². The summed E-state index contributed by atoms with van der Waals surface area (Å²) < 4.78 is 0. The maximum atomic E-state index is 5.24. The third kappa shape index (κ3) is 31.5. The van der Waals surface area contributed by atoms with Gasteiger partial charge in [-0.15, -0.1) is 0 Å². The van der Waals surface area contributed by atoms with Gasteiger partial charge in [0.2, 0.25) is 0 Å². The molecule has 32 heavy (non-hydrogen) atoms. The molecule has 2 saturated heterocycles. The van der Waals surface area contributed by atoms with Crippen molar-refractivity contribution >= 4 is 0 Å². The van der Waals surface area contributed by atoms with E-state index in [9.17, 15) is 0 Å². The lowest BCUT2D eigenvalue weighted by Gasteiger charge is -2.24. The predicted octanol–water partition coefficient (Wildman–Crippen LogP) is 2.55. The number of rotatable bonds is 3. The number of nitrogens with zero attached hydrogens (tertiary/aromatic N) is 2. The summed E-state index contributed by atoms with van der Waals surface area (Å²) in [4.78, 5) is 4.50. The minimum Gasteiger partial charge on any atom is -0.405 e. The molecule has 3 rings (SSSR count). The Bertz CT molecular complexity index is 458. The summed E-state index contributed by atoms with van der Waals surface area (Å²) in [7, 11) is 0. The van der Waals surface area contributed by atoms with E-state index in [1.54, 1.807) is 18.6 Å². The molecule has 8 heteroatoms. The van der Waals surface area contributed by atoms with Crippen LogP contribution in [0.3, 0.4) is 0 Å². The van der Waals surface area contributed by atoms with Crippen LogP contribution in [0.1, 0.15) is 44.9 Å². The van der Waals surface area contributed by atoms with Crippen molar-refractivity contribution in [3.8, 4) is 0 Å². The van der Waals surface area contributed by atoms with E-state index in [0.717, 1.165) is 5.92 Å². The van der Waals surface area contributed by atoms with Crippen molar-refractivity contribution in [3.63, 3.8) is 0 Å². The molecule has 3 fully saturated rings. The van der Waals surface area contributed by atoms with E-state index in [0.29, 0.717) is 0 Å². The first-order chi connectivity index (χ1) is 15.5. The minimum atomic E-state index is 0.843. The Labute approximate surface area is 197 Å². The molecule has 2 heterocycles. The number of piperidine rings is 1. The average molecular weight is 451 g/mol. The summed E-state index contributed by atoms with van der Waals surface area (Å²) in [5, 5.41) is 0. The van der Waals surface area contributed by atoms with Gasteiger partial charge in [0.05, 0.1) is 0 Å². The monoisotopic (exact) mass is 450 g/mol. The Morgan fingerprint density at radius 1 is 0.531 bits per heavy atom. The van der Waals surface area contributed by atoms with Crippen LogP contribution >= 0.6 is 0 Å². The Kier molecular flexibility index (Phi) is 31.4. The second kappa shape index (κ2) is 30.0. The summed E-state index contributed by atoms with van der Waals surface area (Å²) in [6, 6.07) is 0. The molecule has 0 atom stereocenters. The lowest BCUT2D eigenvalue weighted by molar-refractivity contribution is 0.309. The topological polar surface area (TPSA) is 163 Å². The van der Waals surface area contributed by atoms with Gasteiger partial charge in [-0.3, -0.25) is 0 Å². The molecule has 0 spiro atoms. The summed E-state index contributed by atoms with van der Waals surface area (Å²) in [6.45, 7) is 14.2. The van der Waals surface area contributed by atoms with E-state index in [1.165, 1.54) is 89.7 Å². The first kappa shape index (κ1) is 33.5. The molecule has 0 bridgehead atoms. The Balaban J connectivity index is -0.000000337. The number of nitrogens with two attached hydrogens (primary N) is 6. The van der Waals surface area contributed by atoms with E-state index in [-0.39, 0.29) is 0 Å². The van der Waals surface area contributed by atoms with Crippen LogP contribution in [0.15, 0.2) is 75.4 Å². The van der Waals surface area contributed by atoms with E-state index < -0.39 is 0 Å². The van der Waals surface area contributed by atoms with Gasteiger partial charge < -0.3 is 44.2 Å². The summed E-state index contributed by atoms with van der Waals surface area (Å²) in [5.74, 6) is 0.843. The van der Waals surface area contributed by atoms with Crippen molar-refractivity contribution in [1.29, 1.82) is 0 Å². The largest absolute Gasteiger partial charge is 0.405 e. The molecular weight excluding hydrogens is 400 g/mol. The molecule has 0 radical (unpaired) electrons. The fourth-order valence-electron chi connectivity index (χ4n) is 2.65. The molecule has 186 valence electrons.